The third kappa shape index (κ3) is 3.82. The summed E-state index contributed by atoms with van der Waals surface area (Å²) in [6.45, 7) is 3.44. The minimum absolute atomic E-state index is 0.0996. The van der Waals surface area contributed by atoms with Crippen LogP contribution in [0.4, 0.5) is 21.5 Å². The molecule has 0 spiro atoms. The molecule has 0 bridgehead atoms. The molecule has 0 aromatic heterocycles. The molecule has 1 saturated heterocycles. The standard InChI is InChI=1S/C21H24FN3O2/c22-16-5-7-17(8-6-16)24-13-14-25(20-4-2-1-3-19(20)24)21(27)10-12-23-11-9-18(26)15-23/h1-8,18,26H,9-15H2. The van der Waals surface area contributed by atoms with Crippen molar-refractivity contribution < 1.29 is 14.3 Å². The first-order valence-electron chi connectivity index (χ1n) is 9.45. The highest BCUT2D eigenvalue weighted by Gasteiger charge is 2.28. The molecule has 5 nitrogen and oxygen atoms in total. The molecule has 1 fully saturated rings. The highest BCUT2D eigenvalue weighted by Crippen LogP contribution is 2.37. The Bertz CT molecular complexity index is 811. The van der Waals surface area contributed by atoms with Gasteiger partial charge in [0.1, 0.15) is 5.82 Å². The summed E-state index contributed by atoms with van der Waals surface area (Å²) in [5.74, 6) is -0.157. The lowest BCUT2D eigenvalue weighted by molar-refractivity contribution is -0.118. The zero-order valence-corrected chi connectivity index (χ0v) is 15.2. The van der Waals surface area contributed by atoms with Gasteiger partial charge in [-0.2, -0.15) is 0 Å². The molecule has 142 valence electrons. The van der Waals surface area contributed by atoms with E-state index in [1.165, 1.54) is 12.1 Å². The van der Waals surface area contributed by atoms with Gasteiger partial charge in [-0.3, -0.25) is 4.79 Å². The third-order valence-corrected chi connectivity index (χ3v) is 5.34. The first-order valence-corrected chi connectivity index (χ1v) is 9.45. The van der Waals surface area contributed by atoms with Crippen LogP contribution in [0.2, 0.25) is 0 Å². The number of hydrogen-bond donors (Lipinski definition) is 1. The van der Waals surface area contributed by atoms with E-state index in [0.717, 1.165) is 30.0 Å². The van der Waals surface area contributed by atoms with Crippen molar-refractivity contribution in [2.75, 3.05) is 42.5 Å². The maximum absolute atomic E-state index is 13.3. The summed E-state index contributed by atoms with van der Waals surface area (Å²) in [5.41, 5.74) is 2.77. The van der Waals surface area contributed by atoms with Crippen molar-refractivity contribution >= 4 is 23.0 Å². The van der Waals surface area contributed by atoms with Crippen LogP contribution in [-0.2, 0) is 4.79 Å². The summed E-state index contributed by atoms with van der Waals surface area (Å²) in [4.78, 5) is 19.0. The lowest BCUT2D eigenvalue weighted by Crippen LogP contribution is -2.43. The van der Waals surface area contributed by atoms with Crippen LogP contribution in [-0.4, -0.2) is 54.7 Å². The molecule has 4 rings (SSSR count). The van der Waals surface area contributed by atoms with Gasteiger partial charge in [0.15, 0.2) is 0 Å². The van der Waals surface area contributed by atoms with Crippen molar-refractivity contribution in [1.29, 1.82) is 0 Å². The fourth-order valence-corrected chi connectivity index (χ4v) is 3.91. The second-order valence-electron chi connectivity index (χ2n) is 7.16. The van der Waals surface area contributed by atoms with Crippen molar-refractivity contribution in [2.24, 2.45) is 0 Å². The molecule has 0 aliphatic carbocycles. The van der Waals surface area contributed by atoms with Crippen molar-refractivity contribution in [2.45, 2.75) is 18.9 Å². The number of carbonyl (C=O) groups excluding carboxylic acids is 1. The molecule has 2 aromatic carbocycles. The lowest BCUT2D eigenvalue weighted by atomic mass is 10.1. The normalized spacial score (nSPS) is 20.0. The van der Waals surface area contributed by atoms with E-state index < -0.39 is 0 Å². The molecule has 0 saturated carbocycles. The minimum atomic E-state index is -0.264. The molecule has 2 heterocycles. The van der Waals surface area contributed by atoms with Gasteiger partial charge in [-0.1, -0.05) is 12.1 Å². The zero-order chi connectivity index (χ0) is 18.8. The summed E-state index contributed by atoms with van der Waals surface area (Å²) < 4.78 is 13.3. The Morgan fingerprint density at radius 1 is 1.04 bits per heavy atom. The zero-order valence-electron chi connectivity index (χ0n) is 15.2. The Labute approximate surface area is 158 Å². The van der Waals surface area contributed by atoms with E-state index in [1.807, 2.05) is 29.2 Å². The summed E-state index contributed by atoms with van der Waals surface area (Å²) in [6.07, 6.45) is 0.963. The number of nitrogens with zero attached hydrogens (tertiary/aromatic N) is 3. The largest absolute Gasteiger partial charge is 0.392 e. The predicted molar refractivity (Wildman–Crippen MR) is 104 cm³/mol. The van der Waals surface area contributed by atoms with Gasteiger partial charge < -0.3 is 19.8 Å². The molecule has 6 heteroatoms. The third-order valence-electron chi connectivity index (χ3n) is 5.34. The molecule has 2 aliphatic rings. The number of likely N-dealkylation sites (tertiary alicyclic amines) is 1. The van der Waals surface area contributed by atoms with Crippen LogP contribution < -0.4 is 9.80 Å². The molecular weight excluding hydrogens is 345 g/mol. The van der Waals surface area contributed by atoms with Gasteiger partial charge in [0, 0.05) is 44.8 Å². The molecule has 1 amide bonds. The quantitative estimate of drug-likeness (QED) is 0.900. The highest BCUT2D eigenvalue weighted by molar-refractivity contribution is 5.98. The Hall–Kier alpha value is -2.44. The SMILES string of the molecule is O=C(CCN1CCC(O)C1)N1CCN(c2ccc(F)cc2)c2ccccc21. The maximum atomic E-state index is 13.3. The van der Waals surface area contributed by atoms with Crippen LogP contribution in [0.25, 0.3) is 0 Å². The smallest absolute Gasteiger partial charge is 0.228 e. The predicted octanol–water partition coefficient (Wildman–Crippen LogP) is 2.77. The van der Waals surface area contributed by atoms with Gasteiger partial charge in [0.05, 0.1) is 17.5 Å². The number of hydrogen-bond acceptors (Lipinski definition) is 4. The van der Waals surface area contributed by atoms with Crippen molar-refractivity contribution in [3.63, 3.8) is 0 Å². The van der Waals surface area contributed by atoms with E-state index in [0.29, 0.717) is 32.6 Å². The van der Waals surface area contributed by atoms with Crippen LogP contribution in [0, 0.1) is 5.82 Å². The highest BCUT2D eigenvalue weighted by atomic mass is 19.1. The van der Waals surface area contributed by atoms with Gasteiger partial charge in [-0.15, -0.1) is 0 Å². The summed E-state index contributed by atoms with van der Waals surface area (Å²) >= 11 is 0. The van der Waals surface area contributed by atoms with E-state index in [9.17, 15) is 14.3 Å². The average molecular weight is 369 g/mol. The summed E-state index contributed by atoms with van der Waals surface area (Å²) in [6, 6.07) is 14.3. The molecule has 2 aromatic rings. The number of amides is 1. The molecule has 27 heavy (non-hydrogen) atoms. The van der Waals surface area contributed by atoms with Gasteiger partial charge in [-0.05, 0) is 42.8 Å². The van der Waals surface area contributed by atoms with Crippen LogP contribution in [0.15, 0.2) is 48.5 Å². The van der Waals surface area contributed by atoms with Crippen molar-refractivity contribution in [1.82, 2.24) is 4.90 Å². The van der Waals surface area contributed by atoms with E-state index >= 15 is 0 Å². The fourth-order valence-electron chi connectivity index (χ4n) is 3.91. The first-order chi connectivity index (χ1) is 13.1. The second kappa shape index (κ2) is 7.66. The van der Waals surface area contributed by atoms with E-state index in [-0.39, 0.29) is 17.8 Å². The average Bonchev–Trinajstić information content (AvgIpc) is 3.11. The molecule has 1 unspecified atom stereocenters. The number of anilines is 3. The van der Waals surface area contributed by atoms with Gasteiger partial charge in [0.25, 0.3) is 0 Å². The number of halogens is 1. The number of aliphatic hydroxyl groups is 1. The number of carbonyl (C=O) groups is 1. The monoisotopic (exact) mass is 369 g/mol. The number of para-hydroxylation sites is 2. The molecule has 2 aliphatic heterocycles. The summed E-state index contributed by atoms with van der Waals surface area (Å²) in [7, 11) is 0. The van der Waals surface area contributed by atoms with E-state index in [4.69, 9.17) is 0 Å². The number of fused-ring (bicyclic) bond motifs is 1. The number of rotatable bonds is 4. The van der Waals surface area contributed by atoms with Crippen LogP contribution in [0.5, 0.6) is 0 Å². The number of β-amino-alcohol motifs (C(OH)–C–C–N with tert-alkyl or cyclic N) is 1. The molecule has 0 radical (unpaired) electrons. The topological polar surface area (TPSA) is 47.0 Å². The van der Waals surface area contributed by atoms with Crippen molar-refractivity contribution in [3.05, 3.63) is 54.3 Å². The number of aliphatic hydroxyl groups excluding tert-OH is 1. The Morgan fingerprint density at radius 3 is 2.48 bits per heavy atom. The lowest BCUT2D eigenvalue weighted by Gasteiger charge is -2.38. The van der Waals surface area contributed by atoms with Crippen LogP contribution in [0.1, 0.15) is 12.8 Å². The van der Waals surface area contributed by atoms with E-state index in [1.54, 1.807) is 12.1 Å². The number of benzene rings is 2. The molecule has 1 atom stereocenters. The van der Waals surface area contributed by atoms with Gasteiger partial charge in [0.2, 0.25) is 5.91 Å². The Kier molecular flexibility index (Phi) is 5.09. The first kappa shape index (κ1) is 17.9. The summed E-state index contributed by atoms with van der Waals surface area (Å²) in [5, 5.41) is 9.63. The Morgan fingerprint density at radius 2 is 1.78 bits per heavy atom. The van der Waals surface area contributed by atoms with Gasteiger partial charge in [-0.25, -0.2) is 4.39 Å². The fraction of sp³-hybridized carbons (Fsp3) is 0.381. The maximum Gasteiger partial charge on any atom is 0.228 e. The van der Waals surface area contributed by atoms with Crippen LogP contribution >= 0.6 is 0 Å². The minimum Gasteiger partial charge on any atom is -0.392 e. The van der Waals surface area contributed by atoms with E-state index in [2.05, 4.69) is 9.80 Å². The molecular formula is C21H24FN3O2. The second-order valence-corrected chi connectivity index (χ2v) is 7.16. The van der Waals surface area contributed by atoms with Crippen molar-refractivity contribution in [3.8, 4) is 0 Å². The van der Waals surface area contributed by atoms with Gasteiger partial charge >= 0.3 is 0 Å². The Balaban J connectivity index is 1.50. The van der Waals surface area contributed by atoms with Crippen LogP contribution in [0.3, 0.4) is 0 Å². The molecule has 1 N–H and O–H groups in total.